The van der Waals surface area contributed by atoms with Crippen LogP contribution in [-0.4, -0.2) is 37.6 Å². The second-order valence-corrected chi connectivity index (χ2v) is 8.16. The number of amides is 1. The molecule has 8 nitrogen and oxygen atoms in total. The number of nitrogens with one attached hydrogen (secondary N) is 2. The third-order valence-electron chi connectivity index (χ3n) is 3.99. The minimum absolute atomic E-state index is 0.00375. The van der Waals surface area contributed by atoms with Crippen molar-refractivity contribution in [2.24, 2.45) is 7.05 Å². The summed E-state index contributed by atoms with van der Waals surface area (Å²) in [5, 5.41) is 11.6. The van der Waals surface area contributed by atoms with Gasteiger partial charge >= 0.3 is 0 Å². The molecule has 1 aromatic carbocycles. The molecule has 136 valence electrons. The van der Waals surface area contributed by atoms with Crippen LogP contribution in [0.3, 0.4) is 0 Å². The van der Waals surface area contributed by atoms with Gasteiger partial charge in [0.15, 0.2) is 0 Å². The molecule has 2 N–H and O–H groups in total. The van der Waals surface area contributed by atoms with Gasteiger partial charge in [0, 0.05) is 18.9 Å². The molecule has 0 unspecified atom stereocenters. The molecule has 0 radical (unpaired) electrons. The first-order valence-corrected chi connectivity index (χ1v) is 9.30. The smallest absolute Gasteiger partial charge is 0.272 e. The summed E-state index contributed by atoms with van der Waals surface area (Å²) in [6.45, 7) is 2.37. The lowest BCUT2D eigenvalue weighted by Gasteiger charge is -2.38. The van der Waals surface area contributed by atoms with E-state index in [9.17, 15) is 13.2 Å². The molecule has 1 fully saturated rings. The molecular formula is C17H18N4O4S. The zero-order chi connectivity index (χ0) is 18.9. The summed E-state index contributed by atoms with van der Waals surface area (Å²) < 4.78 is 34.1. The second kappa shape index (κ2) is 6.57. The van der Waals surface area contributed by atoms with E-state index in [1.807, 2.05) is 6.07 Å². The van der Waals surface area contributed by atoms with Crippen LogP contribution in [-0.2, 0) is 21.8 Å². The largest absolute Gasteiger partial charge is 0.377 e. The Labute approximate surface area is 151 Å². The Bertz CT molecular complexity index is 1000. The van der Waals surface area contributed by atoms with E-state index in [4.69, 9.17) is 10.00 Å². The number of sulfonamides is 1. The highest BCUT2D eigenvalue weighted by Crippen LogP contribution is 2.22. The Kier molecular flexibility index (Phi) is 4.58. The molecule has 1 aliphatic rings. The van der Waals surface area contributed by atoms with Crippen LogP contribution in [0.5, 0.6) is 0 Å². The molecule has 1 aliphatic heterocycles. The van der Waals surface area contributed by atoms with E-state index in [-0.39, 0.29) is 10.6 Å². The van der Waals surface area contributed by atoms with Crippen molar-refractivity contribution in [2.75, 3.05) is 18.5 Å². The minimum Gasteiger partial charge on any atom is -0.377 e. The van der Waals surface area contributed by atoms with E-state index in [2.05, 4.69) is 10.0 Å². The lowest BCUT2D eigenvalue weighted by molar-refractivity contribution is -0.0523. The molecule has 0 spiro atoms. The Balaban J connectivity index is 1.81. The first kappa shape index (κ1) is 18.1. The number of anilines is 1. The number of hydrogen-bond donors (Lipinski definition) is 2. The van der Waals surface area contributed by atoms with Crippen molar-refractivity contribution < 1.29 is 17.9 Å². The van der Waals surface area contributed by atoms with Gasteiger partial charge in [-0.1, -0.05) is 6.07 Å². The predicted octanol–water partition coefficient (Wildman–Crippen LogP) is 1.22. The van der Waals surface area contributed by atoms with Gasteiger partial charge in [-0.2, -0.15) is 5.26 Å². The maximum atomic E-state index is 12.5. The van der Waals surface area contributed by atoms with Crippen LogP contribution in [0.25, 0.3) is 0 Å². The Morgan fingerprint density at radius 1 is 1.35 bits per heavy atom. The molecule has 1 aromatic heterocycles. The number of aryl methyl sites for hydroxylation is 1. The third kappa shape index (κ3) is 3.62. The van der Waals surface area contributed by atoms with E-state index in [1.165, 1.54) is 22.9 Å². The van der Waals surface area contributed by atoms with E-state index in [1.54, 1.807) is 32.2 Å². The highest BCUT2D eigenvalue weighted by Gasteiger charge is 2.38. The molecule has 0 atom stereocenters. The number of carbonyl (C=O) groups excluding carboxylic acids is 1. The van der Waals surface area contributed by atoms with Crippen molar-refractivity contribution in [3.05, 3.63) is 47.8 Å². The summed E-state index contributed by atoms with van der Waals surface area (Å²) in [6, 6.07) is 9.78. The van der Waals surface area contributed by atoms with Gasteiger partial charge in [-0.05, 0) is 31.2 Å². The van der Waals surface area contributed by atoms with E-state index >= 15 is 0 Å². The van der Waals surface area contributed by atoms with Crippen molar-refractivity contribution in [1.82, 2.24) is 9.29 Å². The van der Waals surface area contributed by atoms with Crippen molar-refractivity contribution >= 4 is 21.6 Å². The number of carbonyl (C=O) groups is 1. The molecule has 0 saturated carbocycles. The Morgan fingerprint density at radius 3 is 2.69 bits per heavy atom. The van der Waals surface area contributed by atoms with Crippen LogP contribution in [0.1, 0.15) is 23.0 Å². The molecule has 1 amide bonds. The molecule has 0 bridgehead atoms. The fraction of sp³-hybridized carbons (Fsp3) is 0.294. The average Bonchev–Trinajstić information content (AvgIpc) is 2.96. The number of hydrogen-bond acceptors (Lipinski definition) is 5. The summed E-state index contributed by atoms with van der Waals surface area (Å²) in [5.41, 5.74) is 0.423. The van der Waals surface area contributed by atoms with Gasteiger partial charge in [0.25, 0.3) is 5.91 Å². The molecule has 9 heteroatoms. The van der Waals surface area contributed by atoms with Crippen molar-refractivity contribution in [3.63, 3.8) is 0 Å². The van der Waals surface area contributed by atoms with Crippen LogP contribution < -0.4 is 10.0 Å². The second-order valence-electron chi connectivity index (χ2n) is 6.48. The number of benzene rings is 1. The zero-order valence-electron chi connectivity index (χ0n) is 14.3. The summed E-state index contributed by atoms with van der Waals surface area (Å²) in [4.78, 5) is 12.5. The molecule has 2 aromatic rings. The zero-order valence-corrected chi connectivity index (χ0v) is 15.1. The third-order valence-corrected chi connectivity index (χ3v) is 5.60. The van der Waals surface area contributed by atoms with Gasteiger partial charge in [-0.3, -0.25) is 4.79 Å². The normalized spacial score (nSPS) is 15.7. The Morgan fingerprint density at radius 2 is 2.08 bits per heavy atom. The predicted molar refractivity (Wildman–Crippen MR) is 94.1 cm³/mol. The van der Waals surface area contributed by atoms with Gasteiger partial charge in [0.1, 0.15) is 10.6 Å². The van der Waals surface area contributed by atoms with Crippen LogP contribution >= 0.6 is 0 Å². The highest BCUT2D eigenvalue weighted by atomic mass is 32.2. The summed E-state index contributed by atoms with van der Waals surface area (Å²) in [5.74, 6) is -0.470. The quantitative estimate of drug-likeness (QED) is 0.817. The fourth-order valence-corrected chi connectivity index (χ4v) is 4.07. The molecule has 26 heavy (non-hydrogen) atoms. The SMILES string of the molecule is Cn1cc(S(=O)(=O)NC2(C)COC2)cc1C(=O)Nc1cccc(C#N)c1. The number of nitriles is 1. The topological polar surface area (TPSA) is 113 Å². The first-order chi connectivity index (χ1) is 12.2. The molecule has 1 saturated heterocycles. The number of aromatic nitrogens is 1. The summed E-state index contributed by atoms with van der Waals surface area (Å²) in [7, 11) is -2.18. The molecule has 2 heterocycles. The van der Waals surface area contributed by atoms with Gasteiger partial charge in [0.2, 0.25) is 10.0 Å². The number of nitrogens with zero attached hydrogens (tertiary/aromatic N) is 2. The highest BCUT2D eigenvalue weighted by molar-refractivity contribution is 7.89. The monoisotopic (exact) mass is 374 g/mol. The van der Waals surface area contributed by atoms with Crippen LogP contribution in [0.15, 0.2) is 41.4 Å². The van der Waals surface area contributed by atoms with Gasteiger partial charge in [0.05, 0.1) is 30.4 Å². The van der Waals surface area contributed by atoms with Crippen LogP contribution in [0.4, 0.5) is 5.69 Å². The fourth-order valence-electron chi connectivity index (χ4n) is 2.62. The van der Waals surface area contributed by atoms with Gasteiger partial charge < -0.3 is 14.6 Å². The van der Waals surface area contributed by atoms with Gasteiger partial charge in [-0.25, -0.2) is 13.1 Å². The Hall–Kier alpha value is -2.67. The maximum Gasteiger partial charge on any atom is 0.272 e. The lowest BCUT2D eigenvalue weighted by Crippen LogP contribution is -2.59. The molecular weight excluding hydrogens is 356 g/mol. The van der Waals surface area contributed by atoms with E-state index < -0.39 is 21.5 Å². The maximum absolute atomic E-state index is 12.5. The van der Waals surface area contributed by atoms with Crippen LogP contribution in [0, 0.1) is 11.3 Å². The standard InChI is InChI=1S/C17H18N4O4S/c1-17(10-25-11-17)20-26(23,24)14-7-15(21(2)9-14)16(22)19-13-5-3-4-12(6-13)8-18/h3-7,9,20H,10-11H2,1-2H3,(H,19,22). The van der Waals surface area contributed by atoms with E-state index in [0.717, 1.165) is 0 Å². The summed E-state index contributed by atoms with van der Waals surface area (Å²) >= 11 is 0. The van der Waals surface area contributed by atoms with Crippen molar-refractivity contribution in [2.45, 2.75) is 17.4 Å². The number of ether oxygens (including phenoxy) is 1. The minimum atomic E-state index is -3.77. The van der Waals surface area contributed by atoms with Crippen molar-refractivity contribution in [1.29, 1.82) is 5.26 Å². The molecule has 0 aliphatic carbocycles. The average molecular weight is 374 g/mol. The van der Waals surface area contributed by atoms with E-state index in [0.29, 0.717) is 24.5 Å². The first-order valence-electron chi connectivity index (χ1n) is 7.82. The van der Waals surface area contributed by atoms with Crippen LogP contribution in [0.2, 0.25) is 0 Å². The number of rotatable bonds is 5. The lowest BCUT2D eigenvalue weighted by atomic mass is 10.0. The van der Waals surface area contributed by atoms with Crippen molar-refractivity contribution in [3.8, 4) is 6.07 Å². The molecule has 3 rings (SSSR count). The van der Waals surface area contributed by atoms with Gasteiger partial charge in [-0.15, -0.1) is 0 Å². The summed E-state index contributed by atoms with van der Waals surface area (Å²) in [6.07, 6.45) is 1.38.